The van der Waals surface area contributed by atoms with Crippen molar-refractivity contribution in [3.05, 3.63) is 61.6 Å². The van der Waals surface area contributed by atoms with Crippen LogP contribution in [-0.2, 0) is 0 Å². The second kappa shape index (κ2) is 6.24. The van der Waals surface area contributed by atoms with Gasteiger partial charge in [0.1, 0.15) is 5.75 Å². The maximum Gasteiger partial charge on any atom is 0.311 e. The first kappa shape index (κ1) is 15.5. The molecule has 0 aliphatic rings. The summed E-state index contributed by atoms with van der Waals surface area (Å²) >= 11 is 9.09. The molecule has 5 nitrogen and oxygen atoms in total. The van der Waals surface area contributed by atoms with E-state index in [-0.39, 0.29) is 17.2 Å². The van der Waals surface area contributed by atoms with E-state index in [1.807, 2.05) is 0 Å². The number of nitro groups is 1. The summed E-state index contributed by atoms with van der Waals surface area (Å²) in [5.41, 5.74) is 0.314. The van der Waals surface area contributed by atoms with E-state index in [9.17, 15) is 14.9 Å². The van der Waals surface area contributed by atoms with Crippen LogP contribution >= 0.6 is 27.5 Å². The Morgan fingerprint density at radius 1 is 1.29 bits per heavy atom. The first-order chi connectivity index (χ1) is 9.88. The van der Waals surface area contributed by atoms with Crippen molar-refractivity contribution in [2.24, 2.45) is 0 Å². The molecule has 0 fully saturated rings. The van der Waals surface area contributed by atoms with Crippen molar-refractivity contribution in [2.75, 3.05) is 0 Å². The fourth-order valence-corrected chi connectivity index (χ4v) is 2.49. The zero-order valence-corrected chi connectivity index (χ0v) is 13.1. The van der Waals surface area contributed by atoms with E-state index in [1.54, 1.807) is 18.2 Å². The second-order valence-electron chi connectivity index (χ2n) is 4.17. The summed E-state index contributed by atoms with van der Waals surface area (Å²) in [7, 11) is 0. The predicted octanol–water partition coefficient (Wildman–Crippen LogP) is 5.01. The maximum atomic E-state index is 11.3. The van der Waals surface area contributed by atoms with Gasteiger partial charge >= 0.3 is 5.69 Å². The van der Waals surface area contributed by atoms with E-state index in [1.165, 1.54) is 25.1 Å². The number of Topliss-reactive ketones (excluding diaryl/α,β-unsaturated/α-hetero) is 1. The average Bonchev–Trinajstić information content (AvgIpc) is 2.37. The van der Waals surface area contributed by atoms with Gasteiger partial charge in [-0.3, -0.25) is 14.9 Å². The number of hydrogen-bond acceptors (Lipinski definition) is 4. The van der Waals surface area contributed by atoms with Crippen molar-refractivity contribution in [1.82, 2.24) is 0 Å². The molecule has 0 saturated heterocycles. The summed E-state index contributed by atoms with van der Waals surface area (Å²) < 4.78 is 6.05. The molecule has 7 heteroatoms. The summed E-state index contributed by atoms with van der Waals surface area (Å²) in [6.45, 7) is 1.45. The van der Waals surface area contributed by atoms with Gasteiger partial charge in [-0.05, 0) is 47.1 Å². The molecule has 0 radical (unpaired) electrons. The molecule has 21 heavy (non-hydrogen) atoms. The molecule has 2 aromatic carbocycles. The van der Waals surface area contributed by atoms with Gasteiger partial charge in [-0.25, -0.2) is 0 Å². The zero-order chi connectivity index (χ0) is 15.6. The van der Waals surface area contributed by atoms with Crippen LogP contribution in [0.2, 0.25) is 5.02 Å². The highest BCUT2D eigenvalue weighted by Crippen LogP contribution is 2.35. The average molecular weight is 371 g/mol. The molecule has 2 aromatic rings. The van der Waals surface area contributed by atoms with Crippen LogP contribution in [0.25, 0.3) is 0 Å². The monoisotopic (exact) mass is 369 g/mol. The third kappa shape index (κ3) is 3.59. The third-order valence-electron chi connectivity index (χ3n) is 2.67. The third-order valence-corrected chi connectivity index (χ3v) is 3.56. The number of carbonyl (C=O) groups excluding carboxylic acids is 1. The normalized spacial score (nSPS) is 10.2. The van der Waals surface area contributed by atoms with Crippen molar-refractivity contribution in [1.29, 1.82) is 0 Å². The molecule has 0 atom stereocenters. The summed E-state index contributed by atoms with van der Waals surface area (Å²) in [6, 6.07) is 8.77. The SMILES string of the molecule is CC(=O)c1ccc(Oc2cc(Cl)ccc2[N+](=O)[O-])cc1Br. The number of carbonyl (C=O) groups is 1. The van der Waals surface area contributed by atoms with Gasteiger partial charge in [-0.1, -0.05) is 11.6 Å². The molecule has 0 spiro atoms. The first-order valence-corrected chi connectivity index (χ1v) is 6.98. The molecule has 108 valence electrons. The van der Waals surface area contributed by atoms with Crippen LogP contribution in [-0.4, -0.2) is 10.7 Å². The van der Waals surface area contributed by atoms with E-state index in [2.05, 4.69) is 15.9 Å². The number of halogens is 2. The molecule has 2 rings (SSSR count). The highest BCUT2D eigenvalue weighted by Gasteiger charge is 2.17. The molecule has 0 N–H and O–H groups in total. The van der Waals surface area contributed by atoms with E-state index < -0.39 is 4.92 Å². The Morgan fingerprint density at radius 3 is 2.57 bits per heavy atom. The van der Waals surface area contributed by atoms with Crippen LogP contribution in [0.3, 0.4) is 0 Å². The smallest absolute Gasteiger partial charge is 0.311 e. The van der Waals surface area contributed by atoms with Crippen molar-refractivity contribution in [3.63, 3.8) is 0 Å². The Bertz CT molecular complexity index is 733. The molecule has 0 heterocycles. The van der Waals surface area contributed by atoms with E-state index in [4.69, 9.17) is 16.3 Å². The largest absolute Gasteiger partial charge is 0.450 e. The van der Waals surface area contributed by atoms with Crippen LogP contribution in [0.1, 0.15) is 17.3 Å². The first-order valence-electron chi connectivity index (χ1n) is 5.81. The molecule has 0 unspecified atom stereocenters. The Morgan fingerprint density at radius 2 is 2.00 bits per heavy atom. The lowest BCUT2D eigenvalue weighted by Gasteiger charge is -2.08. The predicted molar refractivity (Wildman–Crippen MR) is 82.3 cm³/mol. The molecular weight excluding hydrogens is 362 g/mol. The van der Waals surface area contributed by atoms with Crippen LogP contribution in [0, 0.1) is 10.1 Å². The quantitative estimate of drug-likeness (QED) is 0.431. The van der Waals surface area contributed by atoms with Gasteiger partial charge in [0, 0.05) is 27.2 Å². The van der Waals surface area contributed by atoms with Gasteiger partial charge in [-0.2, -0.15) is 0 Å². The van der Waals surface area contributed by atoms with Gasteiger partial charge < -0.3 is 4.74 Å². The molecular formula is C14H9BrClNO4. The van der Waals surface area contributed by atoms with Gasteiger partial charge in [0.2, 0.25) is 5.75 Å². The zero-order valence-electron chi connectivity index (χ0n) is 10.8. The minimum atomic E-state index is -0.551. The van der Waals surface area contributed by atoms with Crippen LogP contribution in [0.4, 0.5) is 5.69 Å². The molecule has 0 amide bonds. The summed E-state index contributed by atoms with van der Waals surface area (Å²) in [6.07, 6.45) is 0. The standard InChI is InChI=1S/C14H9BrClNO4/c1-8(18)11-4-3-10(7-12(11)15)21-14-6-9(16)2-5-13(14)17(19)20/h2-7H,1H3. The lowest BCUT2D eigenvalue weighted by atomic mass is 10.1. The van der Waals surface area contributed by atoms with Crippen LogP contribution < -0.4 is 4.74 Å². The second-order valence-corrected chi connectivity index (χ2v) is 5.46. The lowest BCUT2D eigenvalue weighted by molar-refractivity contribution is -0.385. The van der Waals surface area contributed by atoms with Crippen molar-refractivity contribution < 1.29 is 14.5 Å². The summed E-state index contributed by atoms with van der Waals surface area (Å²) in [5.74, 6) is 0.300. The Labute approximate surface area is 133 Å². The topological polar surface area (TPSA) is 69.4 Å². The minimum Gasteiger partial charge on any atom is -0.450 e. The van der Waals surface area contributed by atoms with Crippen LogP contribution in [0.5, 0.6) is 11.5 Å². The fourth-order valence-electron chi connectivity index (χ4n) is 1.69. The van der Waals surface area contributed by atoms with Gasteiger partial charge in [0.25, 0.3) is 0 Å². The van der Waals surface area contributed by atoms with E-state index in [0.29, 0.717) is 20.8 Å². The number of rotatable bonds is 4. The number of hydrogen-bond donors (Lipinski definition) is 0. The molecule has 0 saturated carbocycles. The van der Waals surface area contributed by atoms with Gasteiger partial charge in [0.15, 0.2) is 5.78 Å². The number of ether oxygens (including phenoxy) is 1. The highest BCUT2D eigenvalue weighted by molar-refractivity contribution is 9.10. The number of ketones is 1. The van der Waals surface area contributed by atoms with Crippen molar-refractivity contribution >= 4 is 39.0 Å². The van der Waals surface area contributed by atoms with Crippen LogP contribution in [0.15, 0.2) is 40.9 Å². The Balaban J connectivity index is 2.38. The maximum absolute atomic E-state index is 11.3. The minimum absolute atomic E-state index is 0.0370. The fraction of sp³-hybridized carbons (Fsp3) is 0.0714. The van der Waals surface area contributed by atoms with Crippen molar-refractivity contribution in [3.8, 4) is 11.5 Å². The van der Waals surface area contributed by atoms with Gasteiger partial charge in [0.05, 0.1) is 4.92 Å². The Hall–Kier alpha value is -1.92. The summed E-state index contributed by atoms with van der Waals surface area (Å²) in [4.78, 5) is 21.8. The Kier molecular flexibility index (Phi) is 4.59. The number of nitrogens with zero attached hydrogens (tertiary/aromatic N) is 1. The molecule has 0 bridgehead atoms. The molecule has 0 aliphatic carbocycles. The van der Waals surface area contributed by atoms with E-state index >= 15 is 0 Å². The number of nitro benzene ring substituents is 1. The van der Waals surface area contributed by atoms with Crippen molar-refractivity contribution in [2.45, 2.75) is 6.92 Å². The number of benzene rings is 2. The molecule has 0 aliphatic heterocycles. The molecule has 0 aromatic heterocycles. The highest BCUT2D eigenvalue weighted by atomic mass is 79.9. The van der Waals surface area contributed by atoms with Gasteiger partial charge in [-0.15, -0.1) is 0 Å². The summed E-state index contributed by atoms with van der Waals surface area (Å²) in [5, 5.41) is 11.3. The van der Waals surface area contributed by atoms with E-state index in [0.717, 1.165) is 0 Å². The lowest BCUT2D eigenvalue weighted by Crippen LogP contribution is -1.96.